The molecule has 1 aliphatic heterocycles. The minimum Gasteiger partial charge on any atom is -0.495 e. The van der Waals surface area contributed by atoms with Crippen LogP contribution in [-0.2, 0) is 16.0 Å². The Hall–Kier alpha value is -1.75. The topological polar surface area (TPSA) is 49.9 Å². The van der Waals surface area contributed by atoms with E-state index in [4.69, 9.17) is 16.3 Å². The Bertz CT molecular complexity index is 650. The van der Waals surface area contributed by atoms with E-state index in [1.807, 2.05) is 22.8 Å². The summed E-state index contributed by atoms with van der Waals surface area (Å²) in [6.07, 6.45) is 2.37. The smallest absolute Gasteiger partial charge is 0.227 e. The predicted octanol–water partition coefficient (Wildman–Crippen LogP) is 2.28. The number of nitrogens with zero attached hydrogens (tertiary/aromatic N) is 2. The molecule has 0 atom stereocenters. The molecule has 0 spiro atoms. The van der Waals surface area contributed by atoms with Gasteiger partial charge >= 0.3 is 0 Å². The summed E-state index contributed by atoms with van der Waals surface area (Å²) < 4.78 is 5.20. The van der Waals surface area contributed by atoms with Crippen molar-refractivity contribution >= 4 is 23.4 Å². The highest BCUT2D eigenvalue weighted by molar-refractivity contribution is 6.32. The van der Waals surface area contributed by atoms with Crippen LogP contribution in [-0.4, -0.2) is 54.9 Å². The van der Waals surface area contributed by atoms with Crippen molar-refractivity contribution in [1.82, 2.24) is 9.80 Å². The van der Waals surface area contributed by atoms with Gasteiger partial charge in [0, 0.05) is 32.1 Å². The average Bonchev–Trinajstić information content (AvgIpc) is 3.42. The number of carbonyl (C=O) groups is 2. The summed E-state index contributed by atoms with van der Waals surface area (Å²) in [6, 6.07) is 3.66. The summed E-state index contributed by atoms with van der Waals surface area (Å²) in [5.41, 5.74) is 1.91. The summed E-state index contributed by atoms with van der Waals surface area (Å²) in [6.45, 7) is 4.46. The van der Waals surface area contributed by atoms with Gasteiger partial charge in [-0.1, -0.05) is 11.6 Å². The van der Waals surface area contributed by atoms with Gasteiger partial charge in [-0.3, -0.25) is 9.59 Å². The van der Waals surface area contributed by atoms with Crippen LogP contribution in [0.25, 0.3) is 0 Å². The van der Waals surface area contributed by atoms with E-state index in [1.54, 1.807) is 13.2 Å². The van der Waals surface area contributed by atoms with Gasteiger partial charge in [-0.25, -0.2) is 0 Å². The molecule has 3 rings (SSSR count). The van der Waals surface area contributed by atoms with Crippen molar-refractivity contribution in [1.29, 1.82) is 0 Å². The average molecular weight is 351 g/mol. The van der Waals surface area contributed by atoms with Gasteiger partial charge in [0.25, 0.3) is 0 Å². The molecule has 6 heteroatoms. The molecule has 1 saturated heterocycles. The van der Waals surface area contributed by atoms with Crippen molar-refractivity contribution in [2.45, 2.75) is 26.2 Å². The Morgan fingerprint density at radius 1 is 1.17 bits per heavy atom. The van der Waals surface area contributed by atoms with Crippen molar-refractivity contribution < 1.29 is 14.3 Å². The van der Waals surface area contributed by atoms with Gasteiger partial charge in [-0.2, -0.15) is 0 Å². The van der Waals surface area contributed by atoms with Crippen LogP contribution in [0.3, 0.4) is 0 Å². The van der Waals surface area contributed by atoms with Gasteiger partial charge in [0.15, 0.2) is 0 Å². The molecule has 1 aliphatic carbocycles. The lowest BCUT2D eigenvalue weighted by Gasteiger charge is -2.35. The normalized spacial score (nSPS) is 17.8. The predicted molar refractivity (Wildman–Crippen MR) is 92.3 cm³/mol. The zero-order chi connectivity index (χ0) is 17.3. The maximum absolute atomic E-state index is 12.6. The van der Waals surface area contributed by atoms with Gasteiger partial charge in [-0.15, -0.1) is 0 Å². The van der Waals surface area contributed by atoms with Crippen LogP contribution in [0.2, 0.25) is 5.02 Å². The maximum atomic E-state index is 12.6. The molecule has 130 valence electrons. The van der Waals surface area contributed by atoms with Crippen molar-refractivity contribution in [2.24, 2.45) is 5.92 Å². The molecule has 1 aromatic carbocycles. The third kappa shape index (κ3) is 3.66. The van der Waals surface area contributed by atoms with E-state index in [1.165, 1.54) is 0 Å². The Labute approximate surface area is 147 Å². The molecular weight excluding hydrogens is 328 g/mol. The quantitative estimate of drug-likeness (QED) is 0.837. The van der Waals surface area contributed by atoms with E-state index < -0.39 is 0 Å². The van der Waals surface area contributed by atoms with Crippen molar-refractivity contribution in [3.05, 3.63) is 28.3 Å². The molecule has 2 amide bonds. The summed E-state index contributed by atoms with van der Waals surface area (Å²) in [5, 5.41) is 0.519. The standard InChI is InChI=1S/C18H23ClN2O3/c1-12-9-16(24-2)15(19)10-14(12)11-17(22)20-5-7-21(8-6-20)18(23)13-3-4-13/h9-10,13H,3-8,11H2,1-2H3. The van der Waals surface area contributed by atoms with Crippen molar-refractivity contribution in [2.75, 3.05) is 33.3 Å². The van der Waals surface area contributed by atoms with E-state index in [0.29, 0.717) is 43.4 Å². The molecule has 0 aromatic heterocycles. The highest BCUT2D eigenvalue weighted by Gasteiger charge is 2.35. The molecule has 0 bridgehead atoms. The van der Waals surface area contributed by atoms with Crippen molar-refractivity contribution in [3.8, 4) is 5.75 Å². The third-order valence-corrected chi connectivity index (χ3v) is 5.12. The molecule has 1 aromatic rings. The minimum atomic E-state index is 0.0813. The first-order valence-corrected chi connectivity index (χ1v) is 8.77. The first-order valence-electron chi connectivity index (χ1n) is 8.39. The fourth-order valence-electron chi connectivity index (χ4n) is 3.08. The lowest BCUT2D eigenvalue weighted by Crippen LogP contribution is -2.51. The Morgan fingerprint density at radius 3 is 2.38 bits per heavy atom. The number of amides is 2. The number of benzene rings is 1. The van der Waals surface area contributed by atoms with Crippen LogP contribution in [0.4, 0.5) is 0 Å². The van der Waals surface area contributed by atoms with E-state index in [-0.39, 0.29) is 17.7 Å². The zero-order valence-corrected chi connectivity index (χ0v) is 14.9. The summed E-state index contributed by atoms with van der Waals surface area (Å²) >= 11 is 6.17. The van der Waals surface area contributed by atoms with E-state index in [2.05, 4.69) is 0 Å². The summed E-state index contributed by atoms with van der Waals surface area (Å²) in [4.78, 5) is 28.4. The third-order valence-electron chi connectivity index (χ3n) is 4.82. The first-order chi connectivity index (χ1) is 11.5. The van der Waals surface area contributed by atoms with E-state index >= 15 is 0 Å². The summed E-state index contributed by atoms with van der Waals surface area (Å²) in [5.74, 6) is 1.21. The second-order valence-corrected chi connectivity index (χ2v) is 6.98. The van der Waals surface area contributed by atoms with Crippen LogP contribution in [0.1, 0.15) is 24.0 Å². The van der Waals surface area contributed by atoms with Gasteiger partial charge in [0.05, 0.1) is 18.6 Å². The van der Waals surface area contributed by atoms with Gasteiger partial charge in [0.1, 0.15) is 5.75 Å². The second-order valence-electron chi connectivity index (χ2n) is 6.57. The first kappa shape index (κ1) is 17.1. The SMILES string of the molecule is COc1cc(C)c(CC(=O)N2CCN(C(=O)C3CC3)CC2)cc1Cl. The second kappa shape index (κ2) is 7.01. The Balaban J connectivity index is 1.58. The fourth-order valence-corrected chi connectivity index (χ4v) is 3.35. The van der Waals surface area contributed by atoms with E-state index in [9.17, 15) is 9.59 Å². The minimum absolute atomic E-state index is 0.0813. The Kier molecular flexibility index (Phi) is 4.99. The molecule has 5 nitrogen and oxygen atoms in total. The number of hydrogen-bond acceptors (Lipinski definition) is 3. The van der Waals surface area contributed by atoms with Gasteiger partial charge in [-0.05, 0) is 43.0 Å². The number of aryl methyl sites for hydroxylation is 1. The fraction of sp³-hybridized carbons (Fsp3) is 0.556. The molecule has 0 unspecified atom stereocenters. The number of ether oxygens (including phenoxy) is 1. The lowest BCUT2D eigenvalue weighted by molar-refractivity contribution is -0.140. The summed E-state index contributed by atoms with van der Waals surface area (Å²) in [7, 11) is 1.58. The number of carbonyl (C=O) groups excluding carboxylic acids is 2. The molecule has 24 heavy (non-hydrogen) atoms. The zero-order valence-electron chi connectivity index (χ0n) is 14.2. The molecule has 0 radical (unpaired) electrons. The highest BCUT2D eigenvalue weighted by atomic mass is 35.5. The van der Waals surface area contributed by atoms with Crippen LogP contribution in [0, 0.1) is 12.8 Å². The van der Waals surface area contributed by atoms with Crippen molar-refractivity contribution in [3.63, 3.8) is 0 Å². The lowest BCUT2D eigenvalue weighted by atomic mass is 10.0. The molecule has 1 heterocycles. The van der Waals surface area contributed by atoms with Gasteiger partial charge < -0.3 is 14.5 Å². The monoisotopic (exact) mass is 350 g/mol. The van der Waals surface area contributed by atoms with Crippen LogP contribution < -0.4 is 4.74 Å². The molecule has 2 fully saturated rings. The number of rotatable bonds is 4. The van der Waals surface area contributed by atoms with Crippen LogP contribution in [0.5, 0.6) is 5.75 Å². The highest BCUT2D eigenvalue weighted by Crippen LogP contribution is 2.31. The molecule has 2 aliphatic rings. The largest absolute Gasteiger partial charge is 0.495 e. The number of halogens is 1. The van der Waals surface area contributed by atoms with Crippen LogP contribution in [0.15, 0.2) is 12.1 Å². The number of piperazine rings is 1. The number of hydrogen-bond donors (Lipinski definition) is 0. The van der Waals surface area contributed by atoms with Crippen LogP contribution >= 0.6 is 11.6 Å². The molecule has 1 saturated carbocycles. The van der Waals surface area contributed by atoms with Gasteiger partial charge in [0.2, 0.25) is 11.8 Å². The maximum Gasteiger partial charge on any atom is 0.227 e. The number of methoxy groups -OCH3 is 1. The van der Waals surface area contributed by atoms with E-state index in [0.717, 1.165) is 24.0 Å². The molecular formula is C18H23ClN2O3. The molecule has 0 N–H and O–H groups in total. The Morgan fingerprint density at radius 2 is 1.79 bits per heavy atom.